The molecule has 0 spiro atoms. The standard InChI is InChI=1S/C5H12F3NP/c1-5(2)3-9-4-10(6,7)8/h5,9H,3-4H2,1-2H3/q+1. The first-order chi connectivity index (χ1) is 4.42. The summed E-state index contributed by atoms with van der Waals surface area (Å²) in [5, 5.41) is 2.35. The molecule has 1 N–H and O–H groups in total. The van der Waals surface area contributed by atoms with Gasteiger partial charge in [-0.05, 0) is 5.92 Å². The van der Waals surface area contributed by atoms with Crippen molar-refractivity contribution in [2.75, 3.05) is 12.8 Å². The van der Waals surface area contributed by atoms with Crippen molar-refractivity contribution in [3.05, 3.63) is 0 Å². The van der Waals surface area contributed by atoms with E-state index in [1.54, 1.807) is 0 Å². The maximum absolute atomic E-state index is 11.6. The molecule has 1 nitrogen and oxygen atoms in total. The highest BCUT2D eigenvalue weighted by Gasteiger charge is 2.42. The highest BCUT2D eigenvalue weighted by molar-refractivity contribution is 7.60. The summed E-state index contributed by atoms with van der Waals surface area (Å²) in [7, 11) is -5.08. The third-order valence-electron chi connectivity index (χ3n) is 0.844. The number of rotatable bonds is 4. The first-order valence-electron chi connectivity index (χ1n) is 3.09. The van der Waals surface area contributed by atoms with Gasteiger partial charge in [0.1, 0.15) is 0 Å². The van der Waals surface area contributed by atoms with E-state index in [2.05, 4.69) is 5.32 Å². The van der Waals surface area contributed by atoms with Crippen molar-refractivity contribution < 1.29 is 12.6 Å². The van der Waals surface area contributed by atoms with Crippen LogP contribution in [-0.2, 0) is 0 Å². The zero-order valence-corrected chi connectivity index (χ0v) is 6.97. The van der Waals surface area contributed by atoms with Gasteiger partial charge in [0.05, 0.1) is 0 Å². The van der Waals surface area contributed by atoms with Crippen LogP contribution in [-0.4, -0.2) is 12.8 Å². The second-order valence-corrected chi connectivity index (χ2v) is 3.97. The second kappa shape index (κ2) is 4.14. The molecule has 0 heterocycles. The summed E-state index contributed by atoms with van der Waals surface area (Å²) < 4.78 is 34.7. The van der Waals surface area contributed by atoms with Crippen molar-refractivity contribution in [2.24, 2.45) is 5.92 Å². The van der Waals surface area contributed by atoms with E-state index < -0.39 is 14.5 Å². The van der Waals surface area contributed by atoms with Crippen molar-refractivity contribution in [1.82, 2.24) is 5.32 Å². The van der Waals surface area contributed by atoms with Crippen molar-refractivity contribution in [1.29, 1.82) is 0 Å². The van der Waals surface area contributed by atoms with Crippen LogP contribution in [0.15, 0.2) is 0 Å². The molecule has 5 heteroatoms. The van der Waals surface area contributed by atoms with E-state index in [-0.39, 0.29) is 5.92 Å². The van der Waals surface area contributed by atoms with Crippen molar-refractivity contribution >= 4 is 8.19 Å². The highest BCUT2D eigenvalue weighted by Crippen LogP contribution is 2.63. The first kappa shape index (κ1) is 10.2. The van der Waals surface area contributed by atoms with E-state index in [4.69, 9.17) is 0 Å². The fourth-order valence-corrected chi connectivity index (χ4v) is 0.863. The molecular formula is C5H12F3NP+. The molecule has 0 amide bonds. The lowest BCUT2D eigenvalue weighted by Gasteiger charge is -2.02. The molecule has 0 aromatic rings. The van der Waals surface area contributed by atoms with Gasteiger partial charge >= 0.3 is 8.19 Å². The SMILES string of the molecule is CC(C)CNC[P+](F)(F)F. The summed E-state index contributed by atoms with van der Waals surface area (Å²) in [4.78, 5) is 0. The quantitative estimate of drug-likeness (QED) is 0.646. The van der Waals surface area contributed by atoms with Gasteiger partial charge in [-0.2, -0.15) is 0 Å². The van der Waals surface area contributed by atoms with Crippen LogP contribution in [0.25, 0.3) is 0 Å². The highest BCUT2D eigenvalue weighted by atomic mass is 31.3. The molecular weight excluding hydrogens is 162 g/mol. The lowest BCUT2D eigenvalue weighted by atomic mass is 10.2. The maximum atomic E-state index is 11.6. The van der Waals surface area contributed by atoms with Crippen LogP contribution in [0.4, 0.5) is 12.6 Å². The second-order valence-electron chi connectivity index (χ2n) is 2.56. The molecule has 0 aliphatic heterocycles. The number of nitrogens with one attached hydrogen (secondary N) is 1. The molecule has 0 aliphatic carbocycles. The van der Waals surface area contributed by atoms with Crippen LogP contribution in [0.2, 0.25) is 0 Å². The average molecular weight is 174 g/mol. The van der Waals surface area contributed by atoms with Crippen LogP contribution in [0.1, 0.15) is 13.8 Å². The topological polar surface area (TPSA) is 12.0 Å². The molecule has 0 saturated heterocycles. The predicted octanol–water partition coefficient (Wildman–Crippen LogP) is 2.86. The van der Waals surface area contributed by atoms with Gasteiger partial charge < -0.3 is 0 Å². The van der Waals surface area contributed by atoms with Crippen molar-refractivity contribution in [3.8, 4) is 0 Å². The Hall–Kier alpha value is 0.180. The molecule has 0 aromatic heterocycles. The van der Waals surface area contributed by atoms with Crippen LogP contribution in [0.5, 0.6) is 0 Å². The molecule has 0 aromatic carbocycles. The third kappa shape index (κ3) is 8.18. The van der Waals surface area contributed by atoms with Crippen LogP contribution >= 0.6 is 8.19 Å². The van der Waals surface area contributed by atoms with Crippen molar-refractivity contribution in [3.63, 3.8) is 0 Å². The zero-order chi connectivity index (χ0) is 8.20. The Balaban J connectivity index is 3.21. The van der Waals surface area contributed by atoms with Gasteiger partial charge in [-0.15, -0.1) is 0 Å². The Morgan fingerprint density at radius 1 is 1.30 bits per heavy atom. The molecule has 62 valence electrons. The summed E-state index contributed by atoms with van der Waals surface area (Å²) in [5.74, 6) is 0.284. The predicted molar refractivity (Wildman–Crippen MR) is 38.0 cm³/mol. The van der Waals surface area contributed by atoms with Gasteiger partial charge in [0.2, 0.25) is 6.29 Å². The molecule has 0 saturated carbocycles. The van der Waals surface area contributed by atoms with Gasteiger partial charge in [0, 0.05) is 19.1 Å². The molecule has 0 atom stereocenters. The lowest BCUT2D eigenvalue weighted by Crippen LogP contribution is -2.19. The minimum absolute atomic E-state index is 0.284. The summed E-state index contributed by atoms with van der Waals surface area (Å²) in [6.07, 6.45) is -0.773. The van der Waals surface area contributed by atoms with E-state index >= 15 is 0 Å². The molecule has 10 heavy (non-hydrogen) atoms. The Morgan fingerprint density at radius 2 is 1.80 bits per heavy atom. The summed E-state index contributed by atoms with van der Waals surface area (Å²) in [6.45, 7) is 4.20. The largest absolute Gasteiger partial charge is 0.583 e. The number of halogens is 3. The molecule has 0 radical (unpaired) electrons. The fourth-order valence-electron chi connectivity index (χ4n) is 0.480. The molecule has 0 rings (SSSR count). The summed E-state index contributed by atoms with van der Waals surface area (Å²) in [6, 6.07) is 0. The van der Waals surface area contributed by atoms with Gasteiger partial charge in [-0.1, -0.05) is 13.8 Å². The van der Waals surface area contributed by atoms with Gasteiger partial charge in [-0.3, -0.25) is 5.32 Å². The smallest absolute Gasteiger partial charge is 0.277 e. The fraction of sp³-hybridized carbons (Fsp3) is 1.00. The first-order valence-corrected chi connectivity index (χ1v) is 4.74. The maximum Gasteiger partial charge on any atom is 0.583 e. The van der Waals surface area contributed by atoms with E-state index in [9.17, 15) is 12.6 Å². The van der Waals surface area contributed by atoms with Crippen LogP contribution in [0.3, 0.4) is 0 Å². The molecule has 0 unspecified atom stereocenters. The monoisotopic (exact) mass is 174 g/mol. The number of hydrogen-bond donors (Lipinski definition) is 1. The van der Waals surface area contributed by atoms with E-state index in [1.165, 1.54) is 0 Å². The van der Waals surface area contributed by atoms with E-state index in [1.807, 2.05) is 13.8 Å². The van der Waals surface area contributed by atoms with Crippen molar-refractivity contribution in [2.45, 2.75) is 13.8 Å². The Kier molecular flexibility index (Phi) is 4.22. The minimum Gasteiger partial charge on any atom is -0.277 e. The normalized spacial score (nSPS) is 12.6. The van der Waals surface area contributed by atoms with E-state index in [0.717, 1.165) is 0 Å². The Bertz CT molecular complexity index is 91.4. The van der Waals surface area contributed by atoms with Crippen LogP contribution < -0.4 is 5.32 Å². The lowest BCUT2D eigenvalue weighted by molar-refractivity contribution is 0.534. The van der Waals surface area contributed by atoms with Crippen LogP contribution in [0, 0.1) is 5.92 Å². The number of hydrogen-bond acceptors (Lipinski definition) is 1. The van der Waals surface area contributed by atoms with Gasteiger partial charge in [0.25, 0.3) is 0 Å². The molecule has 0 fully saturated rings. The molecule has 0 aliphatic rings. The minimum atomic E-state index is -5.08. The summed E-state index contributed by atoms with van der Waals surface area (Å²) >= 11 is 0. The van der Waals surface area contributed by atoms with E-state index in [0.29, 0.717) is 6.54 Å². The van der Waals surface area contributed by atoms with Gasteiger partial charge in [-0.25, -0.2) is 0 Å². The Labute approximate surface area is 59.7 Å². The molecule has 0 bridgehead atoms. The summed E-state index contributed by atoms with van der Waals surface area (Å²) in [5.41, 5.74) is 0. The van der Waals surface area contributed by atoms with Gasteiger partial charge in [0.15, 0.2) is 0 Å². The average Bonchev–Trinajstić information content (AvgIpc) is 1.59. The Morgan fingerprint density at radius 3 is 2.10 bits per heavy atom. The zero-order valence-electron chi connectivity index (χ0n) is 6.07. The third-order valence-corrected chi connectivity index (χ3v) is 1.43.